The molecule has 10 nitrogen and oxygen atoms in total. The Morgan fingerprint density at radius 2 is 1.76 bits per heavy atom. The fourth-order valence-corrected chi connectivity index (χ4v) is 7.18. The topological polar surface area (TPSA) is 94.1 Å². The molecule has 1 aliphatic carbocycles. The first-order valence-electron chi connectivity index (χ1n) is 16.5. The normalized spacial score (nSPS) is 22.6. The van der Waals surface area contributed by atoms with E-state index in [4.69, 9.17) is 4.74 Å². The van der Waals surface area contributed by atoms with E-state index in [2.05, 4.69) is 25.1 Å². The number of hydrogen-bond acceptors (Lipinski definition) is 7. The number of carbonyl (C=O) groups excluding carboxylic acids is 2. The first-order chi connectivity index (χ1) is 21.7. The Balaban J connectivity index is 1.09. The molecule has 2 aliphatic heterocycles. The Morgan fingerprint density at radius 3 is 2.40 bits per heavy atom. The molecular formula is C34H50FN7O3. The molecule has 1 aromatic heterocycles. The van der Waals surface area contributed by atoms with Crippen molar-refractivity contribution in [2.75, 3.05) is 65.0 Å². The average Bonchev–Trinajstić information content (AvgIpc) is 3.04. The molecule has 45 heavy (non-hydrogen) atoms. The molecule has 2 aromatic rings. The van der Waals surface area contributed by atoms with Crippen molar-refractivity contribution >= 4 is 17.8 Å². The first kappa shape index (κ1) is 32.9. The lowest BCUT2D eigenvalue weighted by Gasteiger charge is -2.54. The highest BCUT2D eigenvalue weighted by Gasteiger charge is 2.46. The molecule has 1 aromatic carbocycles. The second kappa shape index (κ2) is 14.7. The van der Waals surface area contributed by atoms with Crippen molar-refractivity contribution in [3.05, 3.63) is 48.4 Å². The Labute approximate surface area is 267 Å². The highest BCUT2D eigenvalue weighted by molar-refractivity contribution is 5.94. The molecule has 0 radical (unpaired) electrons. The number of likely N-dealkylation sites (tertiary alicyclic amines) is 1. The molecule has 3 heterocycles. The summed E-state index contributed by atoms with van der Waals surface area (Å²) in [6.45, 7) is 8.46. The van der Waals surface area contributed by atoms with E-state index in [9.17, 15) is 14.0 Å². The molecule has 2 atom stereocenters. The highest BCUT2D eigenvalue weighted by Crippen LogP contribution is 2.44. The van der Waals surface area contributed by atoms with Crippen LogP contribution >= 0.6 is 0 Å². The van der Waals surface area contributed by atoms with Crippen molar-refractivity contribution in [3.63, 3.8) is 0 Å². The van der Waals surface area contributed by atoms with E-state index in [1.54, 1.807) is 55.5 Å². The van der Waals surface area contributed by atoms with Gasteiger partial charge in [-0.2, -0.15) is 0 Å². The summed E-state index contributed by atoms with van der Waals surface area (Å²) >= 11 is 0. The quantitative estimate of drug-likeness (QED) is 0.395. The Kier molecular flexibility index (Phi) is 10.8. The van der Waals surface area contributed by atoms with Gasteiger partial charge in [0, 0.05) is 50.7 Å². The number of alkyl halides is 1. The largest absolute Gasteiger partial charge is 0.486 e. The number of amides is 3. The van der Waals surface area contributed by atoms with Crippen molar-refractivity contribution < 1.29 is 18.7 Å². The van der Waals surface area contributed by atoms with E-state index >= 15 is 0 Å². The van der Waals surface area contributed by atoms with Crippen molar-refractivity contribution in [2.45, 2.75) is 70.5 Å². The molecule has 0 unspecified atom stereocenters. The highest BCUT2D eigenvalue weighted by atomic mass is 19.1. The van der Waals surface area contributed by atoms with Gasteiger partial charge in [0.15, 0.2) is 11.6 Å². The zero-order chi connectivity index (χ0) is 32.0. The molecule has 1 saturated carbocycles. The van der Waals surface area contributed by atoms with Crippen LogP contribution in [0.4, 0.5) is 15.0 Å². The van der Waals surface area contributed by atoms with Crippen LogP contribution in [0.15, 0.2) is 42.9 Å². The molecule has 3 amide bonds. The maximum atomic E-state index is 13.8. The standard InChI is InChI=1S/C34H50FN7O3/c1-25(18-35)42(32(43)28-8-6-5-7-9-28)26(2)21-45-30-19-36-24-37-31(30)41-22-34(23-41)14-16-40(17-15-34)20-27-10-12-29(13-11-27)38-33(44)39(3)4/h5-9,19,24-27,29H,10-18,20-23H2,1-4H3,(H,38,44)/t25-,26-,27?,29?/m1/s1. The monoisotopic (exact) mass is 623 g/mol. The van der Waals surface area contributed by atoms with Crippen LogP contribution in [0.1, 0.15) is 62.7 Å². The van der Waals surface area contributed by atoms with Crippen LogP contribution in [0.5, 0.6) is 5.75 Å². The van der Waals surface area contributed by atoms with Crippen LogP contribution in [0, 0.1) is 11.3 Å². The fourth-order valence-electron chi connectivity index (χ4n) is 7.18. The van der Waals surface area contributed by atoms with Gasteiger partial charge in [-0.05, 0) is 83.5 Å². The summed E-state index contributed by atoms with van der Waals surface area (Å²) in [4.78, 5) is 42.1. The molecule has 3 fully saturated rings. The lowest BCUT2D eigenvalue weighted by Crippen LogP contribution is -2.61. The number of rotatable bonds is 11. The molecule has 1 spiro atoms. The molecule has 11 heteroatoms. The van der Waals surface area contributed by atoms with E-state index in [1.165, 1.54) is 25.7 Å². The number of ether oxygens (including phenoxy) is 1. The van der Waals surface area contributed by atoms with E-state index in [-0.39, 0.29) is 24.6 Å². The second-order valence-electron chi connectivity index (χ2n) is 13.7. The second-order valence-corrected chi connectivity index (χ2v) is 13.7. The number of hydrogen-bond donors (Lipinski definition) is 1. The van der Waals surface area contributed by atoms with Crippen molar-refractivity contribution in [2.24, 2.45) is 11.3 Å². The molecule has 246 valence electrons. The zero-order valence-electron chi connectivity index (χ0n) is 27.3. The summed E-state index contributed by atoms with van der Waals surface area (Å²) in [7, 11) is 3.58. The van der Waals surface area contributed by atoms with Crippen LogP contribution < -0.4 is 15.0 Å². The predicted octanol–water partition coefficient (Wildman–Crippen LogP) is 4.48. The van der Waals surface area contributed by atoms with Gasteiger partial charge in [0.2, 0.25) is 0 Å². The fraction of sp³-hybridized carbons (Fsp3) is 0.647. The van der Waals surface area contributed by atoms with E-state index < -0.39 is 12.7 Å². The number of aromatic nitrogens is 2. The van der Waals surface area contributed by atoms with Crippen molar-refractivity contribution in [1.29, 1.82) is 0 Å². The molecule has 2 saturated heterocycles. The van der Waals surface area contributed by atoms with Gasteiger partial charge in [-0.3, -0.25) is 4.79 Å². The lowest BCUT2D eigenvalue weighted by atomic mass is 9.71. The first-order valence-corrected chi connectivity index (χ1v) is 16.5. The van der Waals surface area contributed by atoms with Gasteiger partial charge in [-0.15, -0.1) is 0 Å². The average molecular weight is 624 g/mol. The van der Waals surface area contributed by atoms with Gasteiger partial charge < -0.3 is 29.7 Å². The zero-order valence-corrected chi connectivity index (χ0v) is 27.3. The van der Waals surface area contributed by atoms with Gasteiger partial charge in [-0.25, -0.2) is 19.2 Å². The molecular weight excluding hydrogens is 573 g/mol. The maximum absolute atomic E-state index is 13.8. The summed E-state index contributed by atoms with van der Waals surface area (Å²) in [5, 5.41) is 3.15. The van der Waals surface area contributed by atoms with Crippen LogP contribution in [-0.2, 0) is 0 Å². The summed E-state index contributed by atoms with van der Waals surface area (Å²) in [5.74, 6) is 1.87. The predicted molar refractivity (Wildman–Crippen MR) is 173 cm³/mol. The van der Waals surface area contributed by atoms with Gasteiger partial charge in [0.25, 0.3) is 5.91 Å². The van der Waals surface area contributed by atoms with E-state index in [1.807, 2.05) is 25.1 Å². The van der Waals surface area contributed by atoms with Crippen LogP contribution in [-0.4, -0.2) is 115 Å². The van der Waals surface area contributed by atoms with Gasteiger partial charge in [-0.1, -0.05) is 18.2 Å². The van der Waals surface area contributed by atoms with Crippen molar-refractivity contribution in [1.82, 2.24) is 30.0 Å². The Morgan fingerprint density at radius 1 is 1.07 bits per heavy atom. The van der Waals surface area contributed by atoms with Gasteiger partial charge in [0.05, 0.1) is 18.3 Å². The van der Waals surface area contributed by atoms with Crippen LogP contribution in [0.3, 0.4) is 0 Å². The number of benzene rings is 1. The third kappa shape index (κ3) is 8.04. The molecule has 0 bridgehead atoms. The Bertz CT molecular complexity index is 1260. The summed E-state index contributed by atoms with van der Waals surface area (Å²) in [5.41, 5.74) is 0.832. The summed E-state index contributed by atoms with van der Waals surface area (Å²) in [6.07, 6.45) is 10.1. The maximum Gasteiger partial charge on any atom is 0.317 e. The summed E-state index contributed by atoms with van der Waals surface area (Å²) < 4.78 is 20.0. The number of urea groups is 1. The Hall–Kier alpha value is -3.47. The van der Waals surface area contributed by atoms with Gasteiger partial charge >= 0.3 is 6.03 Å². The van der Waals surface area contributed by atoms with E-state index in [0.29, 0.717) is 28.7 Å². The number of nitrogens with one attached hydrogen (secondary N) is 1. The van der Waals surface area contributed by atoms with Crippen molar-refractivity contribution in [3.8, 4) is 5.75 Å². The van der Waals surface area contributed by atoms with Gasteiger partial charge in [0.1, 0.15) is 19.6 Å². The lowest BCUT2D eigenvalue weighted by molar-refractivity contribution is 0.0497. The number of piperidine rings is 1. The van der Waals surface area contributed by atoms with Crippen LogP contribution in [0.2, 0.25) is 0 Å². The number of carbonyl (C=O) groups is 2. The minimum absolute atomic E-state index is 0.00900. The number of nitrogens with zero attached hydrogens (tertiary/aromatic N) is 6. The third-order valence-corrected chi connectivity index (χ3v) is 9.93. The third-order valence-electron chi connectivity index (χ3n) is 9.93. The minimum atomic E-state index is -0.631. The van der Waals surface area contributed by atoms with E-state index in [0.717, 1.165) is 51.4 Å². The minimum Gasteiger partial charge on any atom is -0.486 e. The smallest absolute Gasteiger partial charge is 0.317 e. The SMILES string of the molecule is C[C@H](CF)N(C(=O)c1ccccc1)[C@H](C)COc1cncnc1N1CC2(CCN(CC3CCC(NC(=O)N(C)C)CC3)CC2)C1. The molecule has 5 rings (SSSR count). The molecule has 1 N–H and O–H groups in total. The molecule has 3 aliphatic rings. The van der Waals surface area contributed by atoms with Crippen LogP contribution in [0.25, 0.3) is 0 Å². The number of anilines is 1. The number of halogens is 1. The summed E-state index contributed by atoms with van der Waals surface area (Å²) in [6, 6.07) is 8.37.